The van der Waals surface area contributed by atoms with E-state index in [1.807, 2.05) is 35.0 Å². The van der Waals surface area contributed by atoms with Gasteiger partial charge in [-0.3, -0.25) is 0 Å². The van der Waals surface area contributed by atoms with Crippen LogP contribution in [0, 0.1) is 13.8 Å². The zero-order chi connectivity index (χ0) is 14.8. The molecule has 0 amide bonds. The van der Waals surface area contributed by atoms with E-state index in [-0.39, 0.29) is 0 Å². The molecule has 2 heterocycles. The van der Waals surface area contributed by atoms with Crippen LogP contribution in [0.25, 0.3) is 5.65 Å². The number of pyridine rings is 1. The molecule has 4 nitrogen and oxygen atoms in total. The monoisotopic (exact) mass is 280 g/mol. The summed E-state index contributed by atoms with van der Waals surface area (Å²) in [6, 6.07) is 14.3. The highest BCUT2D eigenvalue weighted by Gasteiger charge is 2.04. The van der Waals surface area contributed by atoms with E-state index >= 15 is 0 Å². The summed E-state index contributed by atoms with van der Waals surface area (Å²) >= 11 is 0. The number of para-hydroxylation sites is 1. The maximum atomic E-state index is 4.69. The summed E-state index contributed by atoms with van der Waals surface area (Å²) in [6.07, 6.45) is 1.05. The molecule has 0 aliphatic carbocycles. The van der Waals surface area contributed by atoms with Gasteiger partial charge in [0.05, 0.1) is 12.2 Å². The largest absolute Gasteiger partial charge is 0.356 e. The van der Waals surface area contributed by atoms with Gasteiger partial charge in [-0.25, -0.2) is 9.78 Å². The molecule has 3 aromatic rings. The molecule has 0 saturated carbocycles. The van der Waals surface area contributed by atoms with Crippen LogP contribution in [0.4, 0.5) is 5.69 Å². The van der Waals surface area contributed by atoms with Gasteiger partial charge in [-0.05, 0) is 43.3 Å². The summed E-state index contributed by atoms with van der Waals surface area (Å²) in [6.45, 7) is 7.28. The Bertz CT molecular complexity index is 825. The van der Waals surface area contributed by atoms with Crippen molar-refractivity contribution in [1.82, 2.24) is 9.50 Å². The van der Waals surface area contributed by atoms with Crippen molar-refractivity contribution in [3.8, 4) is 0 Å². The Balaban J connectivity index is 2.31. The van der Waals surface area contributed by atoms with Gasteiger partial charge < -0.3 is 9.39 Å². The van der Waals surface area contributed by atoms with Crippen LogP contribution >= 0.6 is 0 Å². The minimum atomic E-state index is 0.738. The molecular weight excluding hydrogens is 260 g/mol. The molecule has 3 rings (SSSR count). The van der Waals surface area contributed by atoms with E-state index in [9.17, 15) is 0 Å². The molecule has 108 valence electrons. The smallest absolute Gasteiger partial charge is 0.156 e. The van der Waals surface area contributed by atoms with E-state index in [2.05, 4.69) is 42.4 Å². The Hall–Kier alpha value is -2.36. The third kappa shape index (κ3) is 2.61. The average Bonchev–Trinajstić information content (AvgIpc) is 2.78. The number of aryl methyl sites for hydroxylation is 3. The van der Waals surface area contributed by atoms with Crippen molar-refractivity contribution in [2.24, 2.45) is 4.99 Å². The molecule has 4 heteroatoms. The quantitative estimate of drug-likeness (QED) is 0.679. The summed E-state index contributed by atoms with van der Waals surface area (Å²) in [5.74, 6) is 0. The van der Waals surface area contributed by atoms with E-state index in [0.717, 1.165) is 35.6 Å². The Kier molecular flexibility index (Phi) is 3.60. The number of benzene rings is 1. The van der Waals surface area contributed by atoms with Crippen molar-refractivity contribution >= 4 is 11.3 Å². The van der Waals surface area contributed by atoms with Crippen molar-refractivity contribution < 1.29 is 4.68 Å². The van der Waals surface area contributed by atoms with E-state index in [1.54, 1.807) is 0 Å². The summed E-state index contributed by atoms with van der Waals surface area (Å²) in [5, 5.41) is 4.69. The molecule has 0 radical (unpaired) electrons. The van der Waals surface area contributed by atoms with Crippen LogP contribution in [-0.2, 0) is 6.54 Å². The first-order chi connectivity index (χ1) is 10.2. The van der Waals surface area contributed by atoms with Crippen LogP contribution in [0.2, 0.25) is 0 Å². The van der Waals surface area contributed by atoms with Crippen molar-refractivity contribution in [2.45, 2.75) is 33.7 Å². The second-order valence-electron chi connectivity index (χ2n) is 5.34. The minimum Gasteiger partial charge on any atom is -0.356 e. The van der Waals surface area contributed by atoms with Gasteiger partial charge in [0.15, 0.2) is 5.65 Å². The number of rotatable bonds is 3. The predicted molar refractivity (Wildman–Crippen MR) is 82.3 cm³/mol. The highest BCUT2D eigenvalue weighted by molar-refractivity contribution is 5.39. The lowest BCUT2D eigenvalue weighted by molar-refractivity contribution is -0.733. The Morgan fingerprint density at radius 1 is 1.14 bits per heavy atom. The van der Waals surface area contributed by atoms with E-state index in [4.69, 9.17) is 4.99 Å². The van der Waals surface area contributed by atoms with Gasteiger partial charge in [0.2, 0.25) is 0 Å². The van der Waals surface area contributed by atoms with Gasteiger partial charge in [0.1, 0.15) is 0 Å². The number of hydrogen-bond donors (Lipinski definition) is 0. The Labute approximate surface area is 124 Å². The molecular formula is C17H20N4. The Morgan fingerprint density at radius 3 is 2.62 bits per heavy atom. The van der Waals surface area contributed by atoms with Crippen molar-refractivity contribution in [3.05, 3.63) is 59.3 Å². The molecule has 0 N–H and O–H groups in total. The molecule has 0 spiro atoms. The standard InChI is InChI=1S/C17H20N4/c1-4-10-20-16-12-13(2)11-14(3)21(16)17(19-20)18-15-8-6-5-7-9-15/h5-9,11-12H,4,10H2,1-3H3. The second kappa shape index (κ2) is 5.56. The van der Waals surface area contributed by atoms with E-state index in [1.165, 1.54) is 5.56 Å². The van der Waals surface area contributed by atoms with E-state index < -0.39 is 0 Å². The number of fused-ring (bicyclic) bond motifs is 1. The first-order valence-corrected chi connectivity index (χ1v) is 7.35. The second-order valence-corrected chi connectivity index (χ2v) is 5.34. The van der Waals surface area contributed by atoms with E-state index in [0.29, 0.717) is 0 Å². The fourth-order valence-corrected chi connectivity index (χ4v) is 2.61. The fraction of sp³-hybridized carbons (Fsp3) is 0.294. The Morgan fingerprint density at radius 2 is 1.90 bits per heavy atom. The van der Waals surface area contributed by atoms with Gasteiger partial charge in [-0.2, -0.15) is 0 Å². The molecule has 0 unspecified atom stereocenters. The third-order valence-electron chi connectivity index (χ3n) is 3.47. The van der Waals surface area contributed by atoms with Gasteiger partial charge in [0.25, 0.3) is 0 Å². The lowest BCUT2D eigenvalue weighted by Crippen LogP contribution is -2.40. The number of aromatic nitrogens is 3. The molecule has 0 bridgehead atoms. The van der Waals surface area contributed by atoms with Crippen LogP contribution in [0.3, 0.4) is 0 Å². The molecule has 0 atom stereocenters. The SMILES string of the molecule is CCC[n+]1[n-]c(=Nc2ccccc2)n2c(C)cc(C)cc21. The molecule has 0 aliphatic heterocycles. The van der Waals surface area contributed by atoms with Crippen LogP contribution < -0.4 is 15.4 Å². The van der Waals surface area contributed by atoms with Crippen molar-refractivity contribution in [1.29, 1.82) is 0 Å². The van der Waals surface area contributed by atoms with Gasteiger partial charge >= 0.3 is 0 Å². The average molecular weight is 280 g/mol. The molecule has 2 aromatic heterocycles. The van der Waals surface area contributed by atoms with Crippen molar-refractivity contribution in [3.63, 3.8) is 0 Å². The first-order valence-electron chi connectivity index (χ1n) is 7.35. The van der Waals surface area contributed by atoms with Gasteiger partial charge in [0, 0.05) is 0 Å². The third-order valence-corrected chi connectivity index (χ3v) is 3.47. The number of hydrogen-bond acceptors (Lipinski definition) is 1. The first kappa shape index (κ1) is 13.6. The summed E-state index contributed by atoms with van der Waals surface area (Å²) in [7, 11) is 0. The lowest BCUT2D eigenvalue weighted by atomic mass is 10.2. The fourth-order valence-electron chi connectivity index (χ4n) is 2.61. The maximum Gasteiger partial charge on any atom is 0.156 e. The number of nitrogens with zero attached hydrogens (tertiary/aromatic N) is 4. The highest BCUT2D eigenvalue weighted by atomic mass is 15.4. The topological polar surface area (TPSA) is 34.8 Å². The van der Waals surface area contributed by atoms with Gasteiger partial charge in [-0.15, -0.1) is 0 Å². The lowest BCUT2D eigenvalue weighted by Gasteiger charge is -2.07. The summed E-state index contributed by atoms with van der Waals surface area (Å²) in [4.78, 5) is 4.69. The summed E-state index contributed by atoms with van der Waals surface area (Å²) < 4.78 is 4.16. The summed E-state index contributed by atoms with van der Waals surface area (Å²) in [5.41, 5.74) is 5.16. The molecule has 1 aromatic carbocycles. The minimum absolute atomic E-state index is 0.738. The van der Waals surface area contributed by atoms with Crippen LogP contribution in [0.15, 0.2) is 47.5 Å². The van der Waals surface area contributed by atoms with Crippen LogP contribution in [0.5, 0.6) is 0 Å². The maximum absolute atomic E-state index is 4.69. The molecule has 0 saturated heterocycles. The normalized spacial score (nSPS) is 12.2. The van der Waals surface area contributed by atoms with Crippen LogP contribution in [-0.4, -0.2) is 4.40 Å². The zero-order valence-corrected chi connectivity index (χ0v) is 12.7. The molecule has 21 heavy (non-hydrogen) atoms. The van der Waals surface area contributed by atoms with Crippen molar-refractivity contribution in [2.75, 3.05) is 0 Å². The predicted octanol–water partition coefficient (Wildman–Crippen LogP) is 2.44. The molecule has 0 aliphatic rings. The zero-order valence-electron chi connectivity index (χ0n) is 12.7. The van der Waals surface area contributed by atoms with Gasteiger partial charge in [-0.1, -0.05) is 43.3 Å². The van der Waals surface area contributed by atoms with Crippen LogP contribution in [0.1, 0.15) is 24.6 Å². The molecule has 0 fully saturated rings. The highest BCUT2D eigenvalue weighted by Crippen LogP contribution is 2.09.